The maximum Gasteiger partial charge on any atom is 0.0291 e. The molecule has 0 N–H and O–H groups in total. The molecule has 0 nitrogen and oxygen atoms in total. The Morgan fingerprint density at radius 3 is 2.38 bits per heavy atom. The molecule has 1 aromatic rings. The Labute approximate surface area is 88.8 Å². The van der Waals surface area contributed by atoms with Crippen LogP contribution >= 0.6 is 15.9 Å². The molecule has 1 rings (SSSR count). The largest absolute Gasteiger partial charge is 0.0905 e. The number of hydrogen-bond acceptors (Lipinski definition) is 0. The van der Waals surface area contributed by atoms with E-state index in [1.54, 1.807) is 0 Å². The predicted octanol–water partition coefficient (Wildman–Crippen LogP) is 4.08. The molecule has 0 heterocycles. The first-order valence-corrected chi connectivity index (χ1v) is 5.08. The molecule has 0 saturated carbocycles. The molecule has 0 unspecified atom stereocenters. The molecule has 0 aromatic heterocycles. The van der Waals surface area contributed by atoms with Gasteiger partial charge in [0.05, 0.1) is 0 Å². The quantitative estimate of drug-likeness (QED) is 0.691. The Kier molecular flexibility index (Phi) is 2.97. The predicted molar refractivity (Wildman–Crippen MR) is 60.8 cm³/mol. The Hall–Kier alpha value is -0.560. The molecule has 0 spiro atoms. The summed E-state index contributed by atoms with van der Waals surface area (Å²) in [6, 6.07) is 6.18. The lowest BCUT2D eigenvalue weighted by Gasteiger charge is -2.21. The van der Waals surface area contributed by atoms with Crippen molar-refractivity contribution in [2.75, 3.05) is 0 Å². The average molecular weight is 238 g/mol. The third-order valence-electron chi connectivity index (χ3n) is 2.00. The van der Waals surface area contributed by atoms with E-state index >= 15 is 0 Å². The van der Waals surface area contributed by atoms with Gasteiger partial charge in [0, 0.05) is 4.47 Å². The van der Waals surface area contributed by atoms with Crippen LogP contribution in [-0.4, -0.2) is 0 Å². The minimum atomic E-state index is 0.158. The summed E-state index contributed by atoms with van der Waals surface area (Å²) in [5.41, 5.74) is 2.49. The van der Waals surface area contributed by atoms with Gasteiger partial charge in [-0.2, -0.15) is 0 Å². The molecule has 1 aromatic carbocycles. The molecule has 1 radical (unpaired) electrons. The van der Waals surface area contributed by atoms with Gasteiger partial charge in [-0.25, -0.2) is 0 Å². The van der Waals surface area contributed by atoms with Crippen LogP contribution in [0.15, 0.2) is 29.3 Å². The van der Waals surface area contributed by atoms with Crippen LogP contribution in [0.4, 0.5) is 0 Å². The van der Waals surface area contributed by atoms with Crippen molar-refractivity contribution in [3.8, 4) is 0 Å². The molecule has 0 bridgehead atoms. The lowest BCUT2D eigenvalue weighted by atomic mass is 9.86. The Bertz CT molecular complexity index is 318. The summed E-state index contributed by atoms with van der Waals surface area (Å²) in [7, 11) is 0. The van der Waals surface area contributed by atoms with Gasteiger partial charge in [0.1, 0.15) is 0 Å². The first-order valence-electron chi connectivity index (χ1n) is 4.29. The minimum absolute atomic E-state index is 0.158. The molecular formula is C12H14Br. The van der Waals surface area contributed by atoms with Crippen molar-refractivity contribution in [2.24, 2.45) is 0 Å². The summed E-state index contributed by atoms with van der Waals surface area (Å²) >= 11 is 3.57. The fourth-order valence-corrected chi connectivity index (χ4v) is 2.25. The van der Waals surface area contributed by atoms with Crippen molar-refractivity contribution in [2.45, 2.75) is 26.2 Å². The second-order valence-corrected chi connectivity index (χ2v) is 4.89. The van der Waals surface area contributed by atoms with Crippen LogP contribution in [0.2, 0.25) is 0 Å². The standard InChI is InChI=1S/C12H14Br/c1-5-9-7-6-8-10(11(9)13)12(2,3)4/h6-8H,1H2,2-4H3. The van der Waals surface area contributed by atoms with Crippen molar-refractivity contribution >= 4 is 15.9 Å². The van der Waals surface area contributed by atoms with Crippen molar-refractivity contribution in [3.05, 3.63) is 46.5 Å². The van der Waals surface area contributed by atoms with Crippen LogP contribution in [0.3, 0.4) is 0 Å². The van der Waals surface area contributed by atoms with Crippen molar-refractivity contribution in [3.63, 3.8) is 0 Å². The Morgan fingerprint density at radius 1 is 1.31 bits per heavy atom. The normalized spacial score (nSPS) is 11.4. The van der Waals surface area contributed by atoms with Crippen LogP contribution in [0.5, 0.6) is 0 Å². The molecule has 1 heteroatoms. The van der Waals surface area contributed by atoms with Crippen LogP contribution in [0.25, 0.3) is 0 Å². The molecular weight excluding hydrogens is 224 g/mol. The summed E-state index contributed by atoms with van der Waals surface area (Å²) in [4.78, 5) is 0. The molecule has 0 fully saturated rings. The van der Waals surface area contributed by atoms with Crippen LogP contribution in [0.1, 0.15) is 31.9 Å². The summed E-state index contributed by atoms with van der Waals surface area (Å²) < 4.78 is 1.11. The first kappa shape index (κ1) is 10.5. The van der Waals surface area contributed by atoms with Gasteiger partial charge in [-0.1, -0.05) is 45.5 Å². The average Bonchev–Trinajstić information content (AvgIpc) is 2.02. The molecule has 0 atom stereocenters. The van der Waals surface area contributed by atoms with Crippen LogP contribution in [-0.2, 0) is 5.41 Å². The zero-order valence-electron chi connectivity index (χ0n) is 8.32. The SMILES string of the molecule is C=[C]c1cccc(C(C)(C)C)c1Br. The fourth-order valence-electron chi connectivity index (χ4n) is 1.25. The lowest BCUT2D eigenvalue weighted by Crippen LogP contribution is -2.12. The molecule has 0 amide bonds. The fraction of sp³-hybridized carbons (Fsp3) is 0.333. The Balaban J connectivity index is 3.32. The Morgan fingerprint density at radius 2 is 1.92 bits per heavy atom. The highest BCUT2D eigenvalue weighted by Crippen LogP contribution is 2.31. The maximum absolute atomic E-state index is 3.66. The van der Waals surface area contributed by atoms with E-state index in [2.05, 4.69) is 55.4 Å². The van der Waals surface area contributed by atoms with Crippen LogP contribution in [0, 0.1) is 6.08 Å². The first-order chi connectivity index (χ1) is 5.96. The molecule has 0 aliphatic heterocycles. The van der Waals surface area contributed by atoms with E-state index in [4.69, 9.17) is 0 Å². The van der Waals surface area contributed by atoms with E-state index in [9.17, 15) is 0 Å². The smallest absolute Gasteiger partial charge is 0.0291 e. The second kappa shape index (κ2) is 3.67. The van der Waals surface area contributed by atoms with Gasteiger partial charge in [-0.3, -0.25) is 0 Å². The zero-order valence-corrected chi connectivity index (χ0v) is 9.90. The molecule has 69 valence electrons. The zero-order chi connectivity index (χ0) is 10.1. The summed E-state index contributed by atoms with van der Waals surface area (Å²) in [6.45, 7) is 10.2. The van der Waals surface area contributed by atoms with Gasteiger partial charge in [-0.15, -0.1) is 0 Å². The van der Waals surface area contributed by atoms with E-state index in [0.29, 0.717) is 0 Å². The van der Waals surface area contributed by atoms with E-state index < -0.39 is 0 Å². The third kappa shape index (κ3) is 2.22. The van der Waals surface area contributed by atoms with Gasteiger partial charge in [0.2, 0.25) is 0 Å². The van der Waals surface area contributed by atoms with E-state index in [1.807, 2.05) is 12.1 Å². The van der Waals surface area contributed by atoms with Gasteiger partial charge < -0.3 is 0 Å². The highest BCUT2D eigenvalue weighted by atomic mass is 79.9. The maximum atomic E-state index is 3.66. The summed E-state index contributed by atoms with van der Waals surface area (Å²) in [5.74, 6) is 0. The molecule has 13 heavy (non-hydrogen) atoms. The van der Waals surface area contributed by atoms with Gasteiger partial charge >= 0.3 is 0 Å². The van der Waals surface area contributed by atoms with Gasteiger partial charge in [0.15, 0.2) is 0 Å². The van der Waals surface area contributed by atoms with E-state index in [-0.39, 0.29) is 5.41 Å². The van der Waals surface area contributed by atoms with Crippen molar-refractivity contribution in [1.82, 2.24) is 0 Å². The highest BCUT2D eigenvalue weighted by molar-refractivity contribution is 9.10. The van der Waals surface area contributed by atoms with Gasteiger partial charge in [0.25, 0.3) is 0 Å². The molecule has 0 saturated heterocycles. The lowest BCUT2D eigenvalue weighted by molar-refractivity contribution is 0.587. The number of halogens is 1. The summed E-state index contributed by atoms with van der Waals surface area (Å²) in [6.07, 6.45) is 2.91. The highest BCUT2D eigenvalue weighted by Gasteiger charge is 2.17. The third-order valence-corrected chi connectivity index (χ3v) is 2.85. The number of rotatable bonds is 1. The monoisotopic (exact) mass is 237 g/mol. The molecule has 0 aliphatic rings. The number of hydrogen-bond donors (Lipinski definition) is 0. The molecule has 0 aliphatic carbocycles. The minimum Gasteiger partial charge on any atom is -0.0905 e. The van der Waals surface area contributed by atoms with Gasteiger partial charge in [-0.05, 0) is 38.5 Å². The topological polar surface area (TPSA) is 0 Å². The van der Waals surface area contributed by atoms with Crippen molar-refractivity contribution in [1.29, 1.82) is 0 Å². The number of benzene rings is 1. The van der Waals surface area contributed by atoms with E-state index in [1.165, 1.54) is 5.56 Å². The van der Waals surface area contributed by atoms with E-state index in [0.717, 1.165) is 10.0 Å². The summed E-state index contributed by atoms with van der Waals surface area (Å²) in [5, 5.41) is 0. The van der Waals surface area contributed by atoms with Crippen molar-refractivity contribution < 1.29 is 0 Å². The van der Waals surface area contributed by atoms with Crippen LogP contribution < -0.4 is 0 Å². The second-order valence-electron chi connectivity index (χ2n) is 4.09.